The smallest absolute Gasteiger partial charge is 0.489 e. The summed E-state index contributed by atoms with van der Waals surface area (Å²) in [5, 5.41) is 10.2. The number of aromatic nitrogens is 1. The van der Waals surface area contributed by atoms with E-state index in [0.29, 0.717) is 28.9 Å². The van der Waals surface area contributed by atoms with Gasteiger partial charge >= 0.3 is 12.1 Å². The summed E-state index contributed by atoms with van der Waals surface area (Å²) in [6, 6.07) is 10.9. The van der Waals surface area contributed by atoms with Crippen LogP contribution in [0.25, 0.3) is 0 Å². The van der Waals surface area contributed by atoms with Crippen molar-refractivity contribution in [3.8, 4) is 5.75 Å². The van der Waals surface area contributed by atoms with Crippen LogP contribution in [0.2, 0.25) is 5.02 Å². The zero-order valence-electron chi connectivity index (χ0n) is 17.5. The van der Waals surface area contributed by atoms with Gasteiger partial charge in [-0.2, -0.15) is 13.2 Å². The van der Waals surface area contributed by atoms with Crippen LogP contribution in [0.3, 0.4) is 0 Å². The lowest BCUT2D eigenvalue weighted by molar-refractivity contribution is -0.192. The summed E-state index contributed by atoms with van der Waals surface area (Å²) in [4.78, 5) is 15.3. The molecule has 13 heteroatoms. The molecular formula is C21H18ClF3N2O5S2. The number of halogens is 4. The standard InChI is InChI=1S/C19H17ClN2O3S2.C2HF3O2/c1-13-2-3-14(10-16(13)20)22-7-8-25-18-11-15(4-5-17(18)22)27(23,24)12-19-21-6-9-26-19;3-2(4,5)1(6)7/h2-6,9-11H,7-8,12H2,1H3;(H,6,7). The van der Waals surface area contributed by atoms with Gasteiger partial charge < -0.3 is 14.7 Å². The molecule has 0 unspecified atom stereocenters. The summed E-state index contributed by atoms with van der Waals surface area (Å²) in [7, 11) is -3.48. The number of hydrogen-bond acceptors (Lipinski definition) is 7. The zero-order valence-corrected chi connectivity index (χ0v) is 19.9. The van der Waals surface area contributed by atoms with E-state index in [1.807, 2.05) is 25.1 Å². The number of nitrogens with zero attached hydrogens (tertiary/aromatic N) is 2. The van der Waals surface area contributed by atoms with E-state index < -0.39 is 22.0 Å². The number of aryl methyl sites for hydroxylation is 1. The first-order valence-corrected chi connectivity index (χ1v) is 12.5. The Morgan fingerprint density at radius 3 is 2.56 bits per heavy atom. The summed E-state index contributed by atoms with van der Waals surface area (Å²) >= 11 is 7.60. The molecule has 4 rings (SSSR count). The summed E-state index contributed by atoms with van der Waals surface area (Å²) in [6.45, 7) is 3.09. The fourth-order valence-electron chi connectivity index (χ4n) is 2.98. The number of hydrogen-bond donors (Lipinski definition) is 1. The van der Waals surface area contributed by atoms with E-state index in [2.05, 4.69) is 9.88 Å². The Morgan fingerprint density at radius 1 is 1.26 bits per heavy atom. The number of ether oxygens (including phenoxy) is 1. The molecule has 1 aliphatic heterocycles. The van der Waals surface area contributed by atoms with Crippen LogP contribution >= 0.6 is 22.9 Å². The van der Waals surface area contributed by atoms with Crippen molar-refractivity contribution in [2.75, 3.05) is 18.1 Å². The Kier molecular flexibility index (Phi) is 7.74. The van der Waals surface area contributed by atoms with Crippen molar-refractivity contribution < 1.29 is 36.2 Å². The SMILES string of the molecule is Cc1ccc(N2CCOc3cc(S(=O)(=O)Cc4nccs4)ccc32)cc1Cl.O=C(O)C(F)(F)F. The molecule has 1 N–H and O–H groups in total. The largest absolute Gasteiger partial charge is 0.490 e. The van der Waals surface area contributed by atoms with Gasteiger partial charge in [0.15, 0.2) is 9.84 Å². The van der Waals surface area contributed by atoms with Gasteiger partial charge in [0, 0.05) is 28.4 Å². The molecule has 0 bridgehead atoms. The Bertz CT molecular complexity index is 1280. The molecular weight excluding hydrogens is 517 g/mol. The predicted molar refractivity (Wildman–Crippen MR) is 122 cm³/mol. The van der Waals surface area contributed by atoms with Gasteiger partial charge in [-0.05, 0) is 36.8 Å². The van der Waals surface area contributed by atoms with Crippen LogP contribution in [0.15, 0.2) is 52.9 Å². The maximum absolute atomic E-state index is 12.7. The number of carboxylic acid groups (broad SMARTS) is 1. The molecule has 0 spiro atoms. The number of fused-ring (bicyclic) bond motifs is 1. The van der Waals surface area contributed by atoms with Gasteiger partial charge in [0.1, 0.15) is 23.1 Å². The minimum Gasteiger partial charge on any atom is -0.489 e. The van der Waals surface area contributed by atoms with Crippen LogP contribution < -0.4 is 9.64 Å². The van der Waals surface area contributed by atoms with Crippen LogP contribution in [0.4, 0.5) is 24.5 Å². The number of thiazole rings is 1. The summed E-state index contributed by atoms with van der Waals surface area (Å²) in [5.41, 5.74) is 2.79. The monoisotopic (exact) mass is 534 g/mol. The van der Waals surface area contributed by atoms with Crippen LogP contribution in [0.1, 0.15) is 10.6 Å². The van der Waals surface area contributed by atoms with Crippen LogP contribution in [-0.4, -0.2) is 43.8 Å². The summed E-state index contributed by atoms with van der Waals surface area (Å²) in [6.07, 6.45) is -3.48. The molecule has 34 heavy (non-hydrogen) atoms. The normalized spacial score (nSPS) is 13.4. The van der Waals surface area contributed by atoms with Gasteiger partial charge in [0.25, 0.3) is 0 Å². The number of alkyl halides is 3. The average Bonchev–Trinajstić information content (AvgIpc) is 3.27. The number of rotatable bonds is 4. The maximum atomic E-state index is 12.7. The molecule has 0 saturated heterocycles. The second-order valence-electron chi connectivity index (χ2n) is 7.05. The third-order valence-corrected chi connectivity index (χ3v) is 7.66. The van der Waals surface area contributed by atoms with Crippen molar-refractivity contribution >= 4 is 50.1 Å². The zero-order chi connectivity index (χ0) is 25.1. The van der Waals surface area contributed by atoms with Crippen molar-refractivity contribution in [2.45, 2.75) is 23.7 Å². The van der Waals surface area contributed by atoms with Gasteiger partial charge in [0.05, 0.1) is 17.1 Å². The van der Waals surface area contributed by atoms with E-state index in [0.717, 1.165) is 16.9 Å². The van der Waals surface area contributed by atoms with E-state index in [1.165, 1.54) is 11.3 Å². The number of aliphatic carboxylic acids is 1. The van der Waals surface area contributed by atoms with Gasteiger partial charge in [-0.3, -0.25) is 0 Å². The lowest BCUT2D eigenvalue weighted by Gasteiger charge is -2.31. The Hall–Kier alpha value is -2.83. The molecule has 0 saturated carbocycles. The first kappa shape index (κ1) is 25.8. The fourth-order valence-corrected chi connectivity index (χ4v) is 5.42. The molecule has 0 radical (unpaired) electrons. The van der Waals surface area contributed by atoms with E-state index in [-0.39, 0.29) is 10.6 Å². The summed E-state index contributed by atoms with van der Waals surface area (Å²) < 4.78 is 62.9. The summed E-state index contributed by atoms with van der Waals surface area (Å²) in [5.74, 6) is -2.31. The van der Waals surface area contributed by atoms with E-state index in [4.69, 9.17) is 26.2 Å². The Morgan fingerprint density at radius 2 is 1.97 bits per heavy atom. The second kappa shape index (κ2) is 10.2. The van der Waals surface area contributed by atoms with Crippen molar-refractivity contribution in [1.82, 2.24) is 4.98 Å². The highest BCUT2D eigenvalue weighted by atomic mass is 35.5. The third kappa shape index (κ3) is 6.19. The Balaban J connectivity index is 0.000000406. The van der Waals surface area contributed by atoms with E-state index in [1.54, 1.807) is 29.8 Å². The highest BCUT2D eigenvalue weighted by Gasteiger charge is 2.38. The van der Waals surface area contributed by atoms with Gasteiger partial charge in [-0.15, -0.1) is 11.3 Å². The van der Waals surface area contributed by atoms with Crippen LogP contribution in [0.5, 0.6) is 5.75 Å². The molecule has 0 fully saturated rings. The van der Waals surface area contributed by atoms with Gasteiger partial charge in [0.2, 0.25) is 0 Å². The average molecular weight is 535 g/mol. The topological polar surface area (TPSA) is 96.8 Å². The van der Waals surface area contributed by atoms with Crippen molar-refractivity contribution in [1.29, 1.82) is 0 Å². The number of carboxylic acids is 1. The van der Waals surface area contributed by atoms with Crippen LogP contribution in [-0.2, 0) is 20.4 Å². The first-order valence-electron chi connectivity index (χ1n) is 9.60. The molecule has 0 amide bonds. The molecule has 0 aliphatic carbocycles. The molecule has 1 aliphatic rings. The molecule has 7 nitrogen and oxygen atoms in total. The van der Waals surface area contributed by atoms with Crippen LogP contribution in [0, 0.1) is 6.92 Å². The van der Waals surface area contributed by atoms with Crippen molar-refractivity contribution in [3.63, 3.8) is 0 Å². The van der Waals surface area contributed by atoms with Crippen molar-refractivity contribution in [2.24, 2.45) is 0 Å². The first-order chi connectivity index (χ1) is 15.9. The molecule has 3 aromatic rings. The number of anilines is 2. The molecule has 2 heterocycles. The number of sulfone groups is 1. The van der Waals surface area contributed by atoms with E-state index in [9.17, 15) is 21.6 Å². The molecule has 2 aromatic carbocycles. The van der Waals surface area contributed by atoms with Gasteiger partial charge in [-0.25, -0.2) is 18.2 Å². The molecule has 1 aromatic heterocycles. The fraction of sp³-hybridized carbons (Fsp3) is 0.238. The van der Waals surface area contributed by atoms with Gasteiger partial charge in [-0.1, -0.05) is 17.7 Å². The lowest BCUT2D eigenvalue weighted by Crippen LogP contribution is -2.28. The lowest BCUT2D eigenvalue weighted by atomic mass is 10.1. The number of benzene rings is 2. The number of carbonyl (C=O) groups is 1. The Labute approximate surface area is 202 Å². The van der Waals surface area contributed by atoms with Crippen molar-refractivity contribution in [3.05, 3.63) is 63.6 Å². The predicted octanol–water partition coefficient (Wildman–Crippen LogP) is 5.24. The molecule has 182 valence electrons. The maximum Gasteiger partial charge on any atom is 0.490 e. The minimum absolute atomic E-state index is 0.110. The third-order valence-electron chi connectivity index (χ3n) is 4.66. The second-order valence-corrected chi connectivity index (χ2v) is 10.4. The molecule has 0 atom stereocenters. The highest BCUT2D eigenvalue weighted by Crippen LogP contribution is 2.39. The minimum atomic E-state index is -5.08. The highest BCUT2D eigenvalue weighted by molar-refractivity contribution is 7.90. The quantitative estimate of drug-likeness (QED) is 0.488. The van der Waals surface area contributed by atoms with E-state index >= 15 is 0 Å².